The van der Waals surface area contributed by atoms with E-state index in [9.17, 15) is 19.7 Å². The summed E-state index contributed by atoms with van der Waals surface area (Å²) in [5, 5.41) is 11.3. The van der Waals surface area contributed by atoms with Gasteiger partial charge in [-0.25, -0.2) is 9.79 Å². The summed E-state index contributed by atoms with van der Waals surface area (Å²) in [6, 6.07) is 14.4. The summed E-state index contributed by atoms with van der Waals surface area (Å²) < 4.78 is 19.1. The molecule has 3 heterocycles. The van der Waals surface area contributed by atoms with Gasteiger partial charge in [0.25, 0.3) is 11.2 Å². The Hall–Kier alpha value is -4.77. The van der Waals surface area contributed by atoms with Crippen LogP contribution in [0.2, 0.25) is 0 Å². The highest BCUT2D eigenvalue weighted by molar-refractivity contribution is 7.07. The first-order chi connectivity index (χ1) is 19.7. The minimum atomic E-state index is -0.810. The fraction of sp³-hybridized carbons (Fsp3) is 0.233. The molecule has 2 aromatic heterocycles. The number of fused-ring (bicyclic) bond motifs is 1. The molecule has 41 heavy (non-hydrogen) atoms. The second-order valence-electron chi connectivity index (χ2n) is 9.23. The van der Waals surface area contributed by atoms with Gasteiger partial charge in [-0.1, -0.05) is 35.6 Å². The van der Waals surface area contributed by atoms with Crippen LogP contribution in [0.5, 0.6) is 5.75 Å². The van der Waals surface area contributed by atoms with Crippen molar-refractivity contribution in [2.75, 3.05) is 13.2 Å². The zero-order valence-corrected chi connectivity index (χ0v) is 23.7. The molecule has 0 aliphatic carbocycles. The Labute approximate surface area is 238 Å². The number of carbonyl (C=O) groups excluding carboxylic acids is 1. The van der Waals surface area contributed by atoms with E-state index in [0.717, 1.165) is 5.56 Å². The molecule has 4 aromatic rings. The van der Waals surface area contributed by atoms with E-state index >= 15 is 0 Å². The predicted molar refractivity (Wildman–Crippen MR) is 154 cm³/mol. The molecule has 0 saturated carbocycles. The maximum atomic E-state index is 13.9. The van der Waals surface area contributed by atoms with E-state index in [4.69, 9.17) is 13.9 Å². The number of esters is 1. The summed E-state index contributed by atoms with van der Waals surface area (Å²) in [5.74, 6) is 0.828. The normalized spacial score (nSPS) is 14.9. The average molecular weight is 574 g/mol. The highest BCUT2D eigenvalue weighted by atomic mass is 32.1. The molecule has 11 heteroatoms. The van der Waals surface area contributed by atoms with Gasteiger partial charge in [0.1, 0.15) is 23.3 Å². The monoisotopic (exact) mass is 573 g/mol. The van der Waals surface area contributed by atoms with Crippen molar-refractivity contribution < 1.29 is 23.6 Å². The molecule has 210 valence electrons. The third-order valence-electron chi connectivity index (χ3n) is 6.63. The number of nitrogens with zero attached hydrogens (tertiary/aromatic N) is 3. The first-order valence-corrected chi connectivity index (χ1v) is 13.8. The van der Waals surface area contributed by atoms with E-state index in [0.29, 0.717) is 50.0 Å². The Bertz CT molecular complexity index is 1880. The predicted octanol–water partition coefficient (Wildman–Crippen LogP) is 4.67. The van der Waals surface area contributed by atoms with Crippen molar-refractivity contribution in [3.63, 3.8) is 0 Å². The highest BCUT2D eigenvalue weighted by Crippen LogP contribution is 2.36. The summed E-state index contributed by atoms with van der Waals surface area (Å²) in [6.07, 6.45) is 1.61. The molecule has 2 aromatic carbocycles. The fourth-order valence-electron chi connectivity index (χ4n) is 4.77. The van der Waals surface area contributed by atoms with E-state index in [1.165, 1.54) is 28.0 Å². The number of thiazole rings is 1. The van der Waals surface area contributed by atoms with Crippen molar-refractivity contribution >= 4 is 29.1 Å². The third-order valence-corrected chi connectivity index (χ3v) is 7.61. The quantitative estimate of drug-likeness (QED) is 0.170. The van der Waals surface area contributed by atoms with Gasteiger partial charge in [-0.3, -0.25) is 19.5 Å². The number of carbonyl (C=O) groups is 1. The van der Waals surface area contributed by atoms with Crippen molar-refractivity contribution in [3.8, 4) is 17.1 Å². The first-order valence-electron chi connectivity index (χ1n) is 13.0. The molecule has 0 saturated heterocycles. The van der Waals surface area contributed by atoms with Crippen molar-refractivity contribution in [1.82, 2.24) is 4.57 Å². The molecule has 0 unspecified atom stereocenters. The van der Waals surface area contributed by atoms with Gasteiger partial charge < -0.3 is 13.9 Å². The molecule has 5 rings (SSSR count). The lowest BCUT2D eigenvalue weighted by atomic mass is 9.95. The van der Waals surface area contributed by atoms with Crippen molar-refractivity contribution in [2.24, 2.45) is 4.99 Å². The summed E-state index contributed by atoms with van der Waals surface area (Å²) >= 11 is 1.17. The summed E-state index contributed by atoms with van der Waals surface area (Å²) in [7, 11) is 0. The van der Waals surface area contributed by atoms with Gasteiger partial charge in [-0.05, 0) is 51.5 Å². The smallest absolute Gasteiger partial charge is 0.338 e. The summed E-state index contributed by atoms with van der Waals surface area (Å²) in [4.78, 5) is 42.9. The third kappa shape index (κ3) is 5.23. The maximum absolute atomic E-state index is 13.9. The van der Waals surface area contributed by atoms with Gasteiger partial charge in [0.15, 0.2) is 4.80 Å². The molecule has 1 atom stereocenters. The van der Waals surface area contributed by atoms with Gasteiger partial charge in [0, 0.05) is 29.3 Å². The number of hydrogen-bond acceptors (Lipinski definition) is 9. The molecule has 0 bridgehead atoms. The number of hydrogen-bond donors (Lipinski definition) is 0. The van der Waals surface area contributed by atoms with Crippen LogP contribution < -0.4 is 19.6 Å². The number of aryl methyl sites for hydroxylation is 1. The van der Waals surface area contributed by atoms with Crippen LogP contribution in [0.15, 0.2) is 80.1 Å². The Balaban J connectivity index is 1.65. The number of ether oxygens (including phenoxy) is 2. The number of benzene rings is 2. The number of non-ortho nitro benzene ring substituents is 1. The van der Waals surface area contributed by atoms with Gasteiger partial charge >= 0.3 is 5.97 Å². The lowest BCUT2D eigenvalue weighted by Gasteiger charge is -2.26. The van der Waals surface area contributed by atoms with E-state index in [2.05, 4.69) is 4.99 Å². The minimum Gasteiger partial charge on any atom is -0.494 e. The van der Waals surface area contributed by atoms with Gasteiger partial charge in [-0.2, -0.15) is 0 Å². The van der Waals surface area contributed by atoms with Crippen LogP contribution in [0.1, 0.15) is 43.7 Å². The molecule has 0 spiro atoms. The molecular weight excluding hydrogens is 546 g/mol. The van der Waals surface area contributed by atoms with Crippen molar-refractivity contribution in [2.45, 2.75) is 33.7 Å². The average Bonchev–Trinajstić information content (AvgIpc) is 3.53. The molecule has 10 nitrogen and oxygen atoms in total. The summed E-state index contributed by atoms with van der Waals surface area (Å²) in [6.45, 7) is 7.72. The van der Waals surface area contributed by atoms with Crippen LogP contribution in [0.3, 0.4) is 0 Å². The number of nitro groups is 1. The van der Waals surface area contributed by atoms with Crippen LogP contribution in [-0.4, -0.2) is 28.7 Å². The van der Waals surface area contributed by atoms with Crippen molar-refractivity contribution in [1.29, 1.82) is 0 Å². The van der Waals surface area contributed by atoms with Gasteiger partial charge in [-0.15, -0.1) is 0 Å². The van der Waals surface area contributed by atoms with E-state index in [1.807, 2.05) is 32.0 Å². The fourth-order valence-corrected chi connectivity index (χ4v) is 5.80. The van der Waals surface area contributed by atoms with Gasteiger partial charge in [0.2, 0.25) is 0 Å². The van der Waals surface area contributed by atoms with Gasteiger partial charge in [0.05, 0.1) is 33.9 Å². The van der Waals surface area contributed by atoms with Crippen LogP contribution >= 0.6 is 11.3 Å². The lowest BCUT2D eigenvalue weighted by molar-refractivity contribution is -0.384. The number of nitro benzene ring substituents is 1. The second kappa shape index (κ2) is 11.4. The largest absolute Gasteiger partial charge is 0.494 e. The standard InChI is InChI=1S/C30H27N3O7S/c1-5-38-23-10-8-7-9-21(23)27-26(29(35)39-6-2)18(4)31-30-32(27)28(34)25(41-30)16-20-13-14-24(40-20)22-15-19(33(36)37)12-11-17(22)3/h7-16,27H,5-6H2,1-4H3/b25-16-/t27-/m1/s1. The second-order valence-corrected chi connectivity index (χ2v) is 10.2. The van der Waals surface area contributed by atoms with E-state index < -0.39 is 16.9 Å². The van der Waals surface area contributed by atoms with E-state index in [-0.39, 0.29) is 23.4 Å². The lowest BCUT2D eigenvalue weighted by Crippen LogP contribution is -2.40. The SMILES string of the molecule is CCOC(=O)C1=C(C)N=c2s/c(=C\c3ccc(-c4cc([N+](=O)[O-])ccc4C)o3)c(=O)n2[C@@H]1c1ccccc1OCC. The number of furan rings is 1. The molecule has 0 amide bonds. The zero-order valence-electron chi connectivity index (χ0n) is 22.9. The Kier molecular flexibility index (Phi) is 7.71. The molecule has 0 fully saturated rings. The minimum absolute atomic E-state index is 0.0445. The van der Waals surface area contributed by atoms with E-state index in [1.54, 1.807) is 44.2 Å². The number of allylic oxidation sites excluding steroid dienone is 1. The molecule has 1 aliphatic rings. The molecule has 0 radical (unpaired) electrons. The Morgan fingerprint density at radius 1 is 1.15 bits per heavy atom. The van der Waals surface area contributed by atoms with Crippen LogP contribution in [0.4, 0.5) is 5.69 Å². The van der Waals surface area contributed by atoms with Crippen LogP contribution in [-0.2, 0) is 9.53 Å². The summed E-state index contributed by atoms with van der Waals surface area (Å²) in [5.41, 5.74) is 2.35. The molecular formula is C30H27N3O7S. The Morgan fingerprint density at radius 2 is 1.93 bits per heavy atom. The molecule has 1 aliphatic heterocycles. The number of rotatable bonds is 8. The zero-order chi connectivity index (χ0) is 29.3. The number of aromatic nitrogens is 1. The van der Waals surface area contributed by atoms with Crippen LogP contribution in [0, 0.1) is 17.0 Å². The topological polar surface area (TPSA) is 126 Å². The van der Waals surface area contributed by atoms with Crippen molar-refractivity contribution in [3.05, 3.63) is 113 Å². The van der Waals surface area contributed by atoms with Crippen LogP contribution in [0.25, 0.3) is 17.4 Å². The Morgan fingerprint density at radius 3 is 2.66 bits per heavy atom. The highest BCUT2D eigenvalue weighted by Gasteiger charge is 2.35. The maximum Gasteiger partial charge on any atom is 0.338 e. The first kappa shape index (κ1) is 27.8. The molecule has 0 N–H and O–H groups in total. The number of para-hydroxylation sites is 1.